The highest BCUT2D eigenvalue weighted by atomic mass is 32.1. The second kappa shape index (κ2) is 5.65. The van der Waals surface area contributed by atoms with E-state index < -0.39 is 0 Å². The van der Waals surface area contributed by atoms with Crippen molar-refractivity contribution in [3.8, 4) is 0 Å². The van der Waals surface area contributed by atoms with Crippen LogP contribution in [0.3, 0.4) is 0 Å². The second-order valence-electron chi connectivity index (χ2n) is 4.81. The molecular formula is C13H20N2OS. The summed E-state index contributed by atoms with van der Waals surface area (Å²) in [6, 6.07) is 2.14. The number of carbonyl (C=O) groups excluding carboxylic acids is 1. The van der Waals surface area contributed by atoms with Crippen molar-refractivity contribution < 1.29 is 4.79 Å². The zero-order chi connectivity index (χ0) is 12.3. The first kappa shape index (κ1) is 12.6. The van der Waals surface area contributed by atoms with Crippen molar-refractivity contribution in [2.45, 2.75) is 32.7 Å². The van der Waals surface area contributed by atoms with Crippen molar-refractivity contribution >= 4 is 17.2 Å². The van der Waals surface area contributed by atoms with Gasteiger partial charge in [0.25, 0.3) is 0 Å². The quantitative estimate of drug-likeness (QED) is 0.891. The van der Waals surface area contributed by atoms with Crippen LogP contribution in [0.4, 0.5) is 0 Å². The maximum atomic E-state index is 12.0. The van der Waals surface area contributed by atoms with Crippen LogP contribution in [0, 0.1) is 5.92 Å². The molecule has 0 aliphatic carbocycles. The van der Waals surface area contributed by atoms with E-state index in [1.165, 1.54) is 10.4 Å². The molecular weight excluding hydrogens is 232 g/mol. The van der Waals surface area contributed by atoms with Crippen molar-refractivity contribution in [3.05, 3.63) is 21.9 Å². The van der Waals surface area contributed by atoms with Crippen LogP contribution in [0.1, 0.15) is 30.2 Å². The predicted molar refractivity (Wildman–Crippen MR) is 70.9 cm³/mol. The average molecular weight is 252 g/mol. The third-order valence-electron chi connectivity index (χ3n) is 3.41. The highest BCUT2D eigenvalue weighted by molar-refractivity contribution is 7.10. The molecule has 0 fully saturated rings. The van der Waals surface area contributed by atoms with Gasteiger partial charge >= 0.3 is 0 Å². The summed E-state index contributed by atoms with van der Waals surface area (Å²) in [5.74, 6) is 0.725. The van der Waals surface area contributed by atoms with Crippen LogP contribution in [0.25, 0.3) is 0 Å². The Bertz CT molecular complexity index is 389. The molecule has 0 radical (unpaired) electrons. The van der Waals surface area contributed by atoms with Gasteiger partial charge in [-0.05, 0) is 42.3 Å². The third-order valence-corrected chi connectivity index (χ3v) is 4.44. The number of nitrogens with two attached hydrogens (primary N) is 1. The molecule has 0 bridgehead atoms. The number of nitrogens with zero attached hydrogens (tertiary/aromatic N) is 1. The Morgan fingerprint density at radius 1 is 1.65 bits per heavy atom. The largest absolute Gasteiger partial charge is 0.338 e. The molecule has 2 N–H and O–H groups in total. The van der Waals surface area contributed by atoms with Crippen LogP contribution in [0.5, 0.6) is 0 Å². The van der Waals surface area contributed by atoms with Gasteiger partial charge in [-0.3, -0.25) is 4.79 Å². The van der Waals surface area contributed by atoms with E-state index >= 15 is 0 Å². The molecule has 0 aromatic carbocycles. The van der Waals surface area contributed by atoms with E-state index in [1.807, 2.05) is 4.90 Å². The first-order chi connectivity index (χ1) is 8.20. The molecule has 0 spiro atoms. The SMILES string of the molecule is CC(CN)CCC(=O)N1CCc2sccc2C1. The number of hydrogen-bond donors (Lipinski definition) is 1. The van der Waals surface area contributed by atoms with Crippen molar-refractivity contribution in [3.63, 3.8) is 0 Å². The van der Waals surface area contributed by atoms with Crippen LogP contribution < -0.4 is 5.73 Å². The van der Waals surface area contributed by atoms with Crippen LogP contribution in [-0.2, 0) is 17.8 Å². The second-order valence-corrected chi connectivity index (χ2v) is 5.81. The average Bonchev–Trinajstić information content (AvgIpc) is 2.82. The number of carbonyl (C=O) groups is 1. The molecule has 2 rings (SSSR count). The predicted octanol–water partition coefficient (Wildman–Crippen LogP) is 2.01. The lowest BCUT2D eigenvalue weighted by Gasteiger charge is -2.27. The summed E-state index contributed by atoms with van der Waals surface area (Å²) >= 11 is 1.81. The van der Waals surface area contributed by atoms with E-state index in [0.29, 0.717) is 18.9 Å². The number of hydrogen-bond acceptors (Lipinski definition) is 3. The van der Waals surface area contributed by atoms with E-state index in [-0.39, 0.29) is 5.91 Å². The van der Waals surface area contributed by atoms with E-state index in [2.05, 4.69) is 18.4 Å². The third kappa shape index (κ3) is 3.07. The molecule has 0 saturated heterocycles. The molecule has 1 aliphatic rings. The number of amides is 1. The minimum atomic E-state index is 0.280. The number of rotatable bonds is 4. The van der Waals surface area contributed by atoms with E-state index in [9.17, 15) is 4.79 Å². The molecule has 1 aromatic heterocycles. The summed E-state index contributed by atoms with van der Waals surface area (Å²) in [6.45, 7) is 4.44. The Balaban J connectivity index is 1.86. The Labute approximate surface area is 107 Å². The molecule has 94 valence electrons. The van der Waals surface area contributed by atoms with Crippen molar-refractivity contribution in [1.29, 1.82) is 0 Å². The van der Waals surface area contributed by atoms with Gasteiger partial charge in [-0.25, -0.2) is 0 Å². The van der Waals surface area contributed by atoms with Gasteiger partial charge in [0.1, 0.15) is 0 Å². The van der Waals surface area contributed by atoms with Crippen LogP contribution >= 0.6 is 11.3 Å². The van der Waals surface area contributed by atoms with Gasteiger partial charge in [-0.1, -0.05) is 6.92 Å². The molecule has 1 unspecified atom stereocenters. The fourth-order valence-corrected chi connectivity index (χ4v) is 3.00. The Hall–Kier alpha value is -0.870. The summed E-state index contributed by atoms with van der Waals surface area (Å²) in [7, 11) is 0. The molecule has 1 aliphatic heterocycles. The molecule has 1 atom stereocenters. The van der Waals surface area contributed by atoms with Crippen molar-refractivity contribution in [2.75, 3.05) is 13.1 Å². The monoisotopic (exact) mass is 252 g/mol. The van der Waals surface area contributed by atoms with Crippen LogP contribution in [0.2, 0.25) is 0 Å². The van der Waals surface area contributed by atoms with E-state index in [1.54, 1.807) is 11.3 Å². The summed E-state index contributed by atoms with van der Waals surface area (Å²) in [6.07, 6.45) is 2.56. The first-order valence-electron chi connectivity index (χ1n) is 6.23. The minimum absolute atomic E-state index is 0.280. The Kier molecular flexibility index (Phi) is 4.18. The van der Waals surface area contributed by atoms with Gasteiger partial charge in [-0.2, -0.15) is 0 Å². The molecule has 0 saturated carbocycles. The fourth-order valence-electron chi connectivity index (χ4n) is 2.11. The lowest BCUT2D eigenvalue weighted by molar-refractivity contribution is -0.132. The molecule has 1 aromatic rings. The smallest absolute Gasteiger partial charge is 0.222 e. The minimum Gasteiger partial charge on any atom is -0.338 e. The van der Waals surface area contributed by atoms with E-state index in [4.69, 9.17) is 5.73 Å². The summed E-state index contributed by atoms with van der Waals surface area (Å²) in [4.78, 5) is 15.5. The molecule has 2 heterocycles. The highest BCUT2D eigenvalue weighted by Crippen LogP contribution is 2.24. The highest BCUT2D eigenvalue weighted by Gasteiger charge is 2.21. The van der Waals surface area contributed by atoms with Crippen molar-refractivity contribution in [2.24, 2.45) is 11.7 Å². The van der Waals surface area contributed by atoms with Gasteiger partial charge in [-0.15, -0.1) is 11.3 Å². The van der Waals surface area contributed by atoms with Crippen LogP contribution in [-0.4, -0.2) is 23.9 Å². The lowest BCUT2D eigenvalue weighted by Crippen LogP contribution is -2.35. The molecule has 4 heteroatoms. The Morgan fingerprint density at radius 2 is 2.47 bits per heavy atom. The summed E-state index contributed by atoms with van der Waals surface area (Å²) < 4.78 is 0. The van der Waals surface area contributed by atoms with E-state index in [0.717, 1.165) is 25.9 Å². The Morgan fingerprint density at radius 3 is 3.24 bits per heavy atom. The first-order valence-corrected chi connectivity index (χ1v) is 7.11. The lowest BCUT2D eigenvalue weighted by atomic mass is 10.0. The van der Waals surface area contributed by atoms with Gasteiger partial charge < -0.3 is 10.6 Å². The van der Waals surface area contributed by atoms with Gasteiger partial charge in [0.05, 0.1) is 0 Å². The summed E-state index contributed by atoms with van der Waals surface area (Å²) in [5, 5.41) is 2.12. The fraction of sp³-hybridized carbons (Fsp3) is 0.615. The normalized spacial score (nSPS) is 16.7. The standard InChI is InChI=1S/C13H20N2OS/c1-10(8-14)2-3-13(16)15-6-4-12-11(9-15)5-7-17-12/h5,7,10H,2-4,6,8-9,14H2,1H3. The van der Waals surface area contributed by atoms with Crippen LogP contribution in [0.15, 0.2) is 11.4 Å². The van der Waals surface area contributed by atoms with Gasteiger partial charge in [0, 0.05) is 24.4 Å². The zero-order valence-electron chi connectivity index (χ0n) is 10.3. The zero-order valence-corrected chi connectivity index (χ0v) is 11.1. The maximum absolute atomic E-state index is 12.0. The number of thiophene rings is 1. The number of fused-ring (bicyclic) bond motifs is 1. The topological polar surface area (TPSA) is 46.3 Å². The summed E-state index contributed by atoms with van der Waals surface area (Å²) in [5.41, 5.74) is 6.90. The molecule has 1 amide bonds. The van der Waals surface area contributed by atoms with Crippen molar-refractivity contribution in [1.82, 2.24) is 4.90 Å². The molecule has 17 heavy (non-hydrogen) atoms. The van der Waals surface area contributed by atoms with Gasteiger partial charge in [0.2, 0.25) is 5.91 Å². The molecule has 3 nitrogen and oxygen atoms in total. The maximum Gasteiger partial charge on any atom is 0.222 e. The van der Waals surface area contributed by atoms with Gasteiger partial charge in [0.15, 0.2) is 0 Å².